The van der Waals surface area contributed by atoms with Gasteiger partial charge in [-0.2, -0.15) is 13.2 Å². The van der Waals surface area contributed by atoms with Crippen LogP contribution in [-0.2, 0) is 6.18 Å². The number of anilines is 1. The van der Waals surface area contributed by atoms with E-state index in [4.69, 9.17) is 5.73 Å². The minimum atomic E-state index is -4.67. The van der Waals surface area contributed by atoms with Gasteiger partial charge in [0.15, 0.2) is 5.13 Å². The van der Waals surface area contributed by atoms with E-state index >= 15 is 0 Å². The zero-order valence-corrected chi connectivity index (χ0v) is 17.0. The van der Waals surface area contributed by atoms with Crippen molar-refractivity contribution in [3.05, 3.63) is 45.2 Å². The highest BCUT2D eigenvalue weighted by Crippen LogP contribution is 2.40. The molecule has 3 N–H and O–H groups in total. The molecule has 0 aliphatic heterocycles. The number of aryl methyl sites for hydroxylation is 2. The molecule has 9 heteroatoms. The van der Waals surface area contributed by atoms with Crippen LogP contribution in [0.5, 0.6) is 0 Å². The molecule has 0 bridgehead atoms. The third-order valence-corrected chi connectivity index (χ3v) is 6.58. The van der Waals surface area contributed by atoms with Gasteiger partial charge in [-0.1, -0.05) is 0 Å². The van der Waals surface area contributed by atoms with Crippen molar-refractivity contribution < 1.29 is 22.4 Å². The Bertz CT molecular complexity index is 882. The molecule has 0 atom stereocenters. The Morgan fingerprint density at radius 3 is 2.41 bits per heavy atom. The summed E-state index contributed by atoms with van der Waals surface area (Å²) < 4.78 is 54.2. The van der Waals surface area contributed by atoms with Gasteiger partial charge in [0.1, 0.15) is 5.82 Å². The maximum absolute atomic E-state index is 14.7. The molecule has 0 spiro atoms. The molecule has 0 radical (unpaired) electrons. The molecular weight excluding hydrogens is 406 g/mol. The number of nitrogens with zero attached hydrogens (tertiary/aromatic N) is 1. The van der Waals surface area contributed by atoms with E-state index in [-0.39, 0.29) is 11.5 Å². The summed E-state index contributed by atoms with van der Waals surface area (Å²) in [5, 5.41) is 4.18. The van der Waals surface area contributed by atoms with E-state index < -0.39 is 29.0 Å². The van der Waals surface area contributed by atoms with E-state index in [9.17, 15) is 22.4 Å². The average molecular weight is 429 g/mol. The second kappa shape index (κ2) is 8.30. The second-order valence-electron chi connectivity index (χ2n) is 7.55. The fraction of sp³-hybridized carbons (Fsp3) is 0.500. The van der Waals surface area contributed by atoms with Gasteiger partial charge in [0.2, 0.25) is 0 Å². The molecule has 0 saturated heterocycles. The molecule has 29 heavy (non-hydrogen) atoms. The number of hydrogen-bond acceptors (Lipinski definition) is 4. The maximum Gasteiger partial charge on any atom is 0.416 e. The highest BCUT2D eigenvalue weighted by atomic mass is 32.1. The minimum Gasteiger partial charge on any atom is -0.366 e. The number of rotatable bonds is 5. The Labute approximate surface area is 170 Å². The third-order valence-electron chi connectivity index (χ3n) is 5.55. The maximum atomic E-state index is 14.7. The first-order valence-electron chi connectivity index (χ1n) is 9.44. The van der Waals surface area contributed by atoms with Crippen LogP contribution in [0.2, 0.25) is 0 Å². The first kappa shape index (κ1) is 21.5. The summed E-state index contributed by atoms with van der Waals surface area (Å²) in [4.78, 5) is 17.0. The van der Waals surface area contributed by atoms with Crippen molar-refractivity contribution in [1.29, 1.82) is 0 Å². The Hall–Kier alpha value is -2.16. The molecule has 1 aromatic carbocycles. The first-order chi connectivity index (χ1) is 13.6. The molecule has 0 unspecified atom stereocenters. The van der Waals surface area contributed by atoms with Crippen LogP contribution in [0.1, 0.15) is 63.7 Å². The number of thiazole rings is 1. The summed E-state index contributed by atoms with van der Waals surface area (Å²) >= 11 is 1.59. The zero-order chi connectivity index (χ0) is 21.3. The summed E-state index contributed by atoms with van der Waals surface area (Å²) in [6.45, 7) is 4.68. The number of amides is 1. The molecule has 1 heterocycles. The summed E-state index contributed by atoms with van der Waals surface area (Å²) in [5.74, 6) is -2.15. The highest BCUT2D eigenvalue weighted by Gasteiger charge is 2.35. The first-order valence-corrected chi connectivity index (χ1v) is 10.3. The fourth-order valence-electron chi connectivity index (χ4n) is 3.74. The third kappa shape index (κ3) is 4.88. The highest BCUT2D eigenvalue weighted by molar-refractivity contribution is 7.15. The van der Waals surface area contributed by atoms with E-state index in [0.717, 1.165) is 41.2 Å². The summed E-state index contributed by atoms with van der Waals surface area (Å²) in [6.07, 6.45) is -2.06. The van der Waals surface area contributed by atoms with Gasteiger partial charge in [-0.25, -0.2) is 9.37 Å². The largest absolute Gasteiger partial charge is 0.416 e. The Balaban J connectivity index is 1.69. The lowest BCUT2D eigenvalue weighted by molar-refractivity contribution is -0.137. The van der Waals surface area contributed by atoms with Crippen LogP contribution in [0.25, 0.3) is 0 Å². The monoisotopic (exact) mass is 429 g/mol. The van der Waals surface area contributed by atoms with E-state index in [1.54, 1.807) is 11.3 Å². The molecule has 1 aliphatic rings. The summed E-state index contributed by atoms with van der Waals surface area (Å²) in [6, 6.07) is 1.32. The smallest absolute Gasteiger partial charge is 0.366 e. The van der Waals surface area contributed by atoms with Gasteiger partial charge in [-0.05, 0) is 69.1 Å². The topological polar surface area (TPSA) is 68.0 Å². The Kier molecular flexibility index (Phi) is 6.16. The SMILES string of the molecule is Cc1nc(NCC2CCC(c3cc(C(F)(F)F)cc(C(N)=O)c3F)CC2)sc1C. The van der Waals surface area contributed by atoms with E-state index in [0.29, 0.717) is 24.8 Å². The summed E-state index contributed by atoms with van der Waals surface area (Å²) in [5.41, 5.74) is 4.28. The summed E-state index contributed by atoms with van der Waals surface area (Å²) in [7, 11) is 0. The van der Waals surface area contributed by atoms with Gasteiger partial charge >= 0.3 is 6.18 Å². The predicted molar refractivity (Wildman–Crippen MR) is 105 cm³/mol. The Morgan fingerprint density at radius 2 is 1.90 bits per heavy atom. The quantitative estimate of drug-likeness (QED) is 0.625. The van der Waals surface area contributed by atoms with E-state index in [1.807, 2.05) is 13.8 Å². The number of nitrogens with one attached hydrogen (secondary N) is 1. The minimum absolute atomic E-state index is 0.0637. The molecular formula is C20H23F4N3OS. The molecule has 2 aromatic rings. The van der Waals surface area contributed by atoms with Crippen LogP contribution >= 0.6 is 11.3 Å². The number of benzene rings is 1. The predicted octanol–water partition coefficient (Wildman–Crippen LogP) is 5.40. The number of primary amides is 1. The number of hydrogen-bond donors (Lipinski definition) is 2. The lowest BCUT2D eigenvalue weighted by Gasteiger charge is -2.29. The van der Waals surface area contributed by atoms with Crippen molar-refractivity contribution in [2.75, 3.05) is 11.9 Å². The van der Waals surface area contributed by atoms with E-state index in [1.165, 1.54) is 0 Å². The zero-order valence-electron chi connectivity index (χ0n) is 16.2. The van der Waals surface area contributed by atoms with Gasteiger partial charge in [-0.3, -0.25) is 4.79 Å². The van der Waals surface area contributed by atoms with Crippen LogP contribution in [-0.4, -0.2) is 17.4 Å². The molecule has 1 amide bonds. The molecule has 158 valence electrons. The van der Waals surface area contributed by atoms with Crippen molar-refractivity contribution in [2.45, 2.75) is 51.6 Å². The number of carbonyl (C=O) groups excluding carboxylic acids is 1. The van der Waals surface area contributed by atoms with Gasteiger partial charge in [0.05, 0.1) is 16.8 Å². The standard InChI is InChI=1S/C20H23F4N3OS/c1-10-11(2)29-19(27-10)26-9-12-3-5-13(6-4-12)15-7-14(20(22,23)24)8-16(17(15)21)18(25)28/h7-8,12-13H,3-6,9H2,1-2H3,(H2,25,28)(H,26,27). The number of carbonyl (C=O) groups is 1. The van der Waals surface area contributed by atoms with Crippen molar-refractivity contribution in [3.8, 4) is 0 Å². The lowest BCUT2D eigenvalue weighted by Crippen LogP contribution is -2.23. The molecule has 1 aliphatic carbocycles. The van der Waals surface area contributed by atoms with Crippen LogP contribution in [0.4, 0.5) is 22.7 Å². The van der Waals surface area contributed by atoms with Crippen LogP contribution < -0.4 is 11.1 Å². The molecule has 1 saturated carbocycles. The Morgan fingerprint density at radius 1 is 1.24 bits per heavy atom. The number of nitrogens with two attached hydrogens (primary N) is 1. The molecule has 1 fully saturated rings. The van der Waals surface area contributed by atoms with Gasteiger partial charge < -0.3 is 11.1 Å². The fourth-order valence-corrected chi connectivity index (χ4v) is 4.57. The van der Waals surface area contributed by atoms with Crippen molar-refractivity contribution in [3.63, 3.8) is 0 Å². The lowest BCUT2D eigenvalue weighted by atomic mass is 9.77. The average Bonchev–Trinajstić information content (AvgIpc) is 2.97. The van der Waals surface area contributed by atoms with Gasteiger partial charge in [-0.15, -0.1) is 11.3 Å². The van der Waals surface area contributed by atoms with Crippen molar-refractivity contribution in [2.24, 2.45) is 11.7 Å². The number of halogens is 4. The van der Waals surface area contributed by atoms with Crippen LogP contribution in [0, 0.1) is 25.6 Å². The normalized spacial score (nSPS) is 19.9. The number of aromatic nitrogens is 1. The number of alkyl halides is 3. The molecule has 4 nitrogen and oxygen atoms in total. The van der Waals surface area contributed by atoms with Crippen LogP contribution in [0.3, 0.4) is 0 Å². The van der Waals surface area contributed by atoms with Gasteiger partial charge in [0.25, 0.3) is 5.91 Å². The van der Waals surface area contributed by atoms with Gasteiger partial charge in [0, 0.05) is 11.4 Å². The van der Waals surface area contributed by atoms with Crippen molar-refractivity contribution >= 4 is 22.4 Å². The molecule has 3 rings (SSSR count). The van der Waals surface area contributed by atoms with Crippen molar-refractivity contribution in [1.82, 2.24) is 4.98 Å². The molecule has 1 aromatic heterocycles. The second-order valence-corrected chi connectivity index (χ2v) is 8.75. The van der Waals surface area contributed by atoms with Crippen LogP contribution in [0.15, 0.2) is 12.1 Å². The van der Waals surface area contributed by atoms with E-state index in [2.05, 4.69) is 10.3 Å².